The summed E-state index contributed by atoms with van der Waals surface area (Å²) in [7, 11) is 0. The van der Waals surface area contributed by atoms with Crippen molar-refractivity contribution in [2.24, 2.45) is 5.41 Å². The molecule has 0 aromatic carbocycles. The number of pyridine rings is 1. The minimum absolute atomic E-state index is 0.0881. The van der Waals surface area contributed by atoms with Crippen LogP contribution >= 0.6 is 0 Å². The lowest BCUT2D eigenvalue weighted by Crippen LogP contribution is -2.46. The number of hydrogen-bond donors (Lipinski definition) is 2. The second kappa shape index (κ2) is 4.96. The molecule has 1 amide bonds. The molecule has 1 aliphatic carbocycles. The highest BCUT2D eigenvalue weighted by Gasteiger charge is 2.33. The zero-order valence-corrected chi connectivity index (χ0v) is 11.1. The third kappa shape index (κ3) is 2.63. The number of nitrogens with one attached hydrogen (secondary N) is 1. The van der Waals surface area contributed by atoms with Gasteiger partial charge in [0.25, 0.3) is 5.91 Å². The summed E-state index contributed by atoms with van der Waals surface area (Å²) >= 11 is 0. The van der Waals surface area contributed by atoms with Crippen LogP contribution in [0.25, 0.3) is 0 Å². The van der Waals surface area contributed by atoms with E-state index in [-0.39, 0.29) is 17.4 Å². The summed E-state index contributed by atoms with van der Waals surface area (Å²) in [5, 5.41) is 3.12. The average molecular weight is 247 g/mol. The van der Waals surface area contributed by atoms with E-state index in [1.807, 2.05) is 0 Å². The highest BCUT2D eigenvalue weighted by molar-refractivity contribution is 5.99. The Labute approximate surface area is 108 Å². The van der Waals surface area contributed by atoms with Gasteiger partial charge < -0.3 is 11.1 Å². The first-order chi connectivity index (χ1) is 8.50. The predicted molar refractivity (Wildman–Crippen MR) is 72.2 cm³/mol. The highest BCUT2D eigenvalue weighted by Crippen LogP contribution is 2.35. The normalized spacial score (nSPS) is 22.4. The second-order valence-electron chi connectivity index (χ2n) is 5.72. The molecule has 1 aliphatic rings. The largest absolute Gasteiger partial charge is 0.397 e. The van der Waals surface area contributed by atoms with E-state index >= 15 is 0 Å². The molecule has 0 aliphatic heterocycles. The fraction of sp³-hybridized carbons (Fsp3) is 0.571. The lowest BCUT2D eigenvalue weighted by molar-refractivity contribution is 0.0854. The molecule has 0 bridgehead atoms. The third-order valence-corrected chi connectivity index (χ3v) is 3.91. The number of amides is 1. The molecule has 2 rings (SSSR count). The van der Waals surface area contributed by atoms with E-state index in [1.54, 1.807) is 12.3 Å². The summed E-state index contributed by atoms with van der Waals surface area (Å²) in [5.41, 5.74) is 6.89. The first-order valence-corrected chi connectivity index (χ1v) is 6.51. The Kier molecular flexibility index (Phi) is 3.55. The maximum atomic E-state index is 12.2. The fourth-order valence-corrected chi connectivity index (χ4v) is 2.61. The number of nitrogen functional groups attached to an aromatic ring is 1. The van der Waals surface area contributed by atoms with Crippen LogP contribution in [0.1, 0.15) is 49.9 Å². The minimum atomic E-state index is -0.0881. The van der Waals surface area contributed by atoms with Gasteiger partial charge in [-0.1, -0.05) is 26.7 Å². The van der Waals surface area contributed by atoms with Gasteiger partial charge in [-0.15, -0.1) is 0 Å². The topological polar surface area (TPSA) is 68.0 Å². The van der Waals surface area contributed by atoms with Crippen molar-refractivity contribution in [2.45, 2.75) is 45.6 Å². The molecule has 1 saturated carbocycles. The number of rotatable bonds is 2. The van der Waals surface area contributed by atoms with Gasteiger partial charge in [-0.2, -0.15) is 0 Å². The molecule has 3 N–H and O–H groups in total. The molecular weight excluding hydrogens is 226 g/mol. The van der Waals surface area contributed by atoms with Crippen molar-refractivity contribution < 1.29 is 4.79 Å². The van der Waals surface area contributed by atoms with Gasteiger partial charge in [-0.05, 0) is 24.3 Å². The van der Waals surface area contributed by atoms with Gasteiger partial charge in [-0.3, -0.25) is 9.78 Å². The van der Waals surface area contributed by atoms with Gasteiger partial charge in [0.15, 0.2) is 0 Å². The van der Waals surface area contributed by atoms with Crippen LogP contribution in [0.5, 0.6) is 0 Å². The van der Waals surface area contributed by atoms with Crippen LogP contribution < -0.4 is 11.1 Å². The summed E-state index contributed by atoms with van der Waals surface area (Å²) in [6, 6.07) is 1.90. The van der Waals surface area contributed by atoms with Crippen molar-refractivity contribution in [3.8, 4) is 0 Å². The maximum absolute atomic E-state index is 12.2. The number of anilines is 1. The van der Waals surface area contributed by atoms with Gasteiger partial charge in [0.05, 0.1) is 17.4 Å². The van der Waals surface area contributed by atoms with Crippen LogP contribution in [-0.4, -0.2) is 16.9 Å². The lowest BCUT2D eigenvalue weighted by atomic mass is 9.73. The monoisotopic (exact) mass is 247 g/mol. The van der Waals surface area contributed by atoms with Gasteiger partial charge in [0.1, 0.15) is 0 Å². The molecular formula is C14H21N3O. The summed E-state index contributed by atoms with van der Waals surface area (Å²) in [4.78, 5) is 16.1. The Bertz CT molecular complexity index is 442. The van der Waals surface area contributed by atoms with Gasteiger partial charge in [0, 0.05) is 12.2 Å². The van der Waals surface area contributed by atoms with Crippen molar-refractivity contribution in [1.82, 2.24) is 10.3 Å². The fourth-order valence-electron chi connectivity index (χ4n) is 2.61. The Morgan fingerprint density at radius 1 is 1.50 bits per heavy atom. The first-order valence-electron chi connectivity index (χ1n) is 6.51. The van der Waals surface area contributed by atoms with E-state index in [9.17, 15) is 4.79 Å². The molecule has 4 nitrogen and oxygen atoms in total. The number of carbonyl (C=O) groups excluding carboxylic acids is 1. The smallest absolute Gasteiger partial charge is 0.253 e. The molecule has 0 radical (unpaired) electrons. The third-order valence-electron chi connectivity index (χ3n) is 3.91. The Morgan fingerprint density at radius 3 is 2.94 bits per heavy atom. The molecule has 0 saturated heterocycles. The van der Waals surface area contributed by atoms with Crippen LogP contribution in [0.2, 0.25) is 0 Å². The van der Waals surface area contributed by atoms with Crippen molar-refractivity contribution >= 4 is 11.6 Å². The molecule has 1 unspecified atom stereocenters. The number of aromatic nitrogens is 1. The van der Waals surface area contributed by atoms with E-state index in [0.717, 1.165) is 12.8 Å². The number of carbonyl (C=O) groups is 1. The Balaban J connectivity index is 2.10. The molecule has 1 aromatic rings. The van der Waals surface area contributed by atoms with Crippen LogP contribution in [0.3, 0.4) is 0 Å². The van der Waals surface area contributed by atoms with Crippen molar-refractivity contribution in [2.75, 3.05) is 5.73 Å². The molecule has 0 spiro atoms. The minimum Gasteiger partial charge on any atom is -0.397 e. The van der Waals surface area contributed by atoms with Crippen LogP contribution in [0.4, 0.5) is 5.69 Å². The summed E-state index contributed by atoms with van der Waals surface area (Å²) in [6.45, 7) is 4.43. The quantitative estimate of drug-likeness (QED) is 0.843. The van der Waals surface area contributed by atoms with Gasteiger partial charge in [0.2, 0.25) is 0 Å². The SMILES string of the molecule is CC1(C)CCCCC1NC(=O)c1ccncc1N. The maximum Gasteiger partial charge on any atom is 0.253 e. The van der Waals surface area contributed by atoms with E-state index in [2.05, 4.69) is 24.1 Å². The lowest BCUT2D eigenvalue weighted by Gasteiger charge is -2.39. The number of hydrogen-bond acceptors (Lipinski definition) is 3. The highest BCUT2D eigenvalue weighted by atomic mass is 16.1. The first kappa shape index (κ1) is 12.9. The summed E-state index contributed by atoms with van der Waals surface area (Å²) in [5.74, 6) is -0.0881. The predicted octanol–water partition coefficient (Wildman–Crippen LogP) is 2.36. The zero-order chi connectivity index (χ0) is 13.2. The molecule has 98 valence electrons. The molecule has 1 heterocycles. The summed E-state index contributed by atoms with van der Waals surface area (Å²) in [6.07, 6.45) is 7.74. The summed E-state index contributed by atoms with van der Waals surface area (Å²) < 4.78 is 0. The van der Waals surface area contributed by atoms with Crippen molar-refractivity contribution in [3.05, 3.63) is 24.0 Å². The molecule has 1 atom stereocenters. The number of nitrogens with zero attached hydrogens (tertiary/aromatic N) is 1. The zero-order valence-electron chi connectivity index (χ0n) is 11.1. The number of nitrogens with two attached hydrogens (primary N) is 1. The molecule has 4 heteroatoms. The van der Waals surface area contributed by atoms with E-state index < -0.39 is 0 Å². The van der Waals surface area contributed by atoms with Crippen molar-refractivity contribution in [3.63, 3.8) is 0 Å². The van der Waals surface area contributed by atoms with E-state index in [0.29, 0.717) is 11.3 Å². The second-order valence-corrected chi connectivity index (χ2v) is 5.72. The molecule has 1 aromatic heterocycles. The van der Waals surface area contributed by atoms with E-state index in [1.165, 1.54) is 19.0 Å². The van der Waals surface area contributed by atoms with E-state index in [4.69, 9.17) is 5.73 Å². The van der Waals surface area contributed by atoms with Crippen LogP contribution in [0.15, 0.2) is 18.5 Å². The molecule has 1 fully saturated rings. The van der Waals surface area contributed by atoms with Crippen molar-refractivity contribution in [1.29, 1.82) is 0 Å². The molecule has 18 heavy (non-hydrogen) atoms. The van der Waals surface area contributed by atoms with Crippen LogP contribution in [-0.2, 0) is 0 Å². The van der Waals surface area contributed by atoms with Gasteiger partial charge >= 0.3 is 0 Å². The Hall–Kier alpha value is -1.58. The standard InChI is InChI=1S/C14H21N3O/c1-14(2)7-4-3-5-12(14)17-13(18)10-6-8-16-9-11(10)15/h6,8-9,12H,3-5,7,15H2,1-2H3,(H,17,18). The van der Waals surface area contributed by atoms with Gasteiger partial charge in [-0.25, -0.2) is 0 Å². The average Bonchev–Trinajstić information content (AvgIpc) is 2.32. The Morgan fingerprint density at radius 2 is 2.28 bits per heavy atom. The van der Waals surface area contributed by atoms with Crippen LogP contribution in [0, 0.1) is 5.41 Å².